The van der Waals surface area contributed by atoms with Gasteiger partial charge in [0.15, 0.2) is 5.82 Å². The van der Waals surface area contributed by atoms with Gasteiger partial charge in [0.25, 0.3) is 0 Å². The number of rotatable bonds is 6. The number of H-pyrrole nitrogens is 1. The summed E-state index contributed by atoms with van der Waals surface area (Å²) in [6.45, 7) is 3.82. The molecule has 5 rings (SSSR count). The Bertz CT molecular complexity index is 823. The quantitative estimate of drug-likeness (QED) is 0.733. The lowest BCUT2D eigenvalue weighted by molar-refractivity contribution is 0.196. The molecule has 3 aromatic heterocycles. The van der Waals surface area contributed by atoms with Gasteiger partial charge in [-0.2, -0.15) is 0 Å². The third kappa shape index (κ3) is 3.16. The van der Waals surface area contributed by atoms with E-state index in [1.165, 1.54) is 18.7 Å². The predicted octanol–water partition coefficient (Wildman–Crippen LogP) is 1.96. The number of piperidine rings is 1. The molecule has 2 aliphatic rings. The van der Waals surface area contributed by atoms with E-state index in [1.807, 2.05) is 31.1 Å². The molecular weight excluding hydrogens is 328 g/mol. The van der Waals surface area contributed by atoms with Crippen LogP contribution >= 0.6 is 0 Å². The summed E-state index contributed by atoms with van der Waals surface area (Å²) in [5, 5.41) is 9.17. The summed E-state index contributed by atoms with van der Waals surface area (Å²) in [4.78, 5) is 14.1. The summed E-state index contributed by atoms with van der Waals surface area (Å²) in [5.74, 6) is 3.82. The molecule has 4 heterocycles. The first-order chi connectivity index (χ1) is 12.9. The SMILES string of the molecule is c1cn(Cc2nnc(C3CCN(Cc4ncc[nH]4)CC3)n2C2CC2)cn1. The summed E-state index contributed by atoms with van der Waals surface area (Å²) in [7, 11) is 0. The number of likely N-dealkylation sites (tertiary alicyclic amines) is 1. The highest BCUT2D eigenvalue weighted by atomic mass is 15.3. The van der Waals surface area contributed by atoms with Crippen LogP contribution in [0.1, 0.15) is 55.1 Å². The molecule has 0 atom stereocenters. The minimum atomic E-state index is 0.507. The third-order valence-electron chi connectivity index (χ3n) is 5.47. The first-order valence-electron chi connectivity index (χ1n) is 9.47. The number of hydrogen-bond acceptors (Lipinski definition) is 5. The van der Waals surface area contributed by atoms with Gasteiger partial charge in [0.05, 0.1) is 19.4 Å². The van der Waals surface area contributed by atoms with Gasteiger partial charge in [-0.1, -0.05) is 0 Å². The molecule has 0 unspecified atom stereocenters. The molecule has 1 N–H and O–H groups in total. The molecule has 3 aromatic rings. The van der Waals surface area contributed by atoms with Gasteiger partial charge in [0.1, 0.15) is 11.6 Å². The molecule has 0 radical (unpaired) electrons. The van der Waals surface area contributed by atoms with E-state index in [2.05, 4.69) is 39.2 Å². The van der Waals surface area contributed by atoms with Gasteiger partial charge in [0.2, 0.25) is 0 Å². The minimum absolute atomic E-state index is 0.507. The van der Waals surface area contributed by atoms with Crippen molar-refractivity contribution in [2.24, 2.45) is 0 Å². The zero-order valence-corrected chi connectivity index (χ0v) is 14.8. The Balaban J connectivity index is 1.29. The van der Waals surface area contributed by atoms with Crippen LogP contribution in [0.15, 0.2) is 31.1 Å². The first-order valence-corrected chi connectivity index (χ1v) is 9.47. The van der Waals surface area contributed by atoms with E-state index in [0.29, 0.717) is 12.0 Å². The van der Waals surface area contributed by atoms with Gasteiger partial charge in [-0.3, -0.25) is 4.90 Å². The largest absolute Gasteiger partial charge is 0.348 e. The van der Waals surface area contributed by atoms with Crippen molar-refractivity contribution in [3.05, 3.63) is 48.6 Å². The fraction of sp³-hybridized carbons (Fsp3) is 0.556. The Morgan fingerprint density at radius 3 is 2.62 bits per heavy atom. The number of aromatic amines is 1. The average Bonchev–Trinajstić information content (AvgIpc) is 3.07. The molecule has 0 amide bonds. The van der Waals surface area contributed by atoms with Crippen molar-refractivity contribution in [3.8, 4) is 0 Å². The molecule has 26 heavy (non-hydrogen) atoms. The topological polar surface area (TPSA) is 80.5 Å². The second-order valence-electron chi connectivity index (χ2n) is 7.40. The van der Waals surface area contributed by atoms with E-state index >= 15 is 0 Å². The zero-order valence-electron chi connectivity index (χ0n) is 14.8. The Morgan fingerprint density at radius 1 is 1.04 bits per heavy atom. The van der Waals surface area contributed by atoms with Crippen LogP contribution in [-0.4, -0.2) is 52.3 Å². The lowest BCUT2D eigenvalue weighted by Gasteiger charge is -2.31. The summed E-state index contributed by atoms with van der Waals surface area (Å²) >= 11 is 0. The van der Waals surface area contributed by atoms with Crippen LogP contribution < -0.4 is 0 Å². The van der Waals surface area contributed by atoms with Crippen LogP contribution in [-0.2, 0) is 13.1 Å². The van der Waals surface area contributed by atoms with Crippen LogP contribution in [0.2, 0.25) is 0 Å². The maximum atomic E-state index is 4.62. The van der Waals surface area contributed by atoms with E-state index in [9.17, 15) is 0 Å². The molecular formula is C18H24N8. The maximum absolute atomic E-state index is 4.62. The standard InChI is InChI=1S/C18H24N8/c1-2-15(1)26-17(12-25-10-7-19-13-25)22-23-18(26)14-3-8-24(9-4-14)11-16-20-5-6-21-16/h5-7,10,13-15H,1-4,8-9,11-12H2,(H,20,21). The Labute approximate surface area is 152 Å². The second kappa shape index (κ2) is 6.68. The summed E-state index contributed by atoms with van der Waals surface area (Å²) < 4.78 is 4.49. The molecule has 8 nitrogen and oxygen atoms in total. The highest BCUT2D eigenvalue weighted by molar-refractivity contribution is 5.09. The van der Waals surface area contributed by atoms with Crippen molar-refractivity contribution in [2.75, 3.05) is 13.1 Å². The van der Waals surface area contributed by atoms with Crippen molar-refractivity contribution in [1.29, 1.82) is 0 Å². The zero-order chi connectivity index (χ0) is 17.3. The Morgan fingerprint density at radius 2 is 1.92 bits per heavy atom. The predicted molar refractivity (Wildman–Crippen MR) is 95.5 cm³/mol. The van der Waals surface area contributed by atoms with Crippen LogP contribution in [0.5, 0.6) is 0 Å². The summed E-state index contributed by atoms with van der Waals surface area (Å²) in [6, 6.07) is 0.597. The molecule has 1 aliphatic carbocycles. The normalized spacial score (nSPS) is 19.2. The lowest BCUT2D eigenvalue weighted by Crippen LogP contribution is -2.33. The van der Waals surface area contributed by atoms with E-state index in [4.69, 9.17) is 0 Å². The fourth-order valence-electron chi connectivity index (χ4n) is 3.94. The average molecular weight is 352 g/mol. The summed E-state index contributed by atoms with van der Waals surface area (Å²) in [5.41, 5.74) is 0. The van der Waals surface area contributed by atoms with Crippen LogP contribution in [0.4, 0.5) is 0 Å². The van der Waals surface area contributed by atoms with Gasteiger partial charge in [-0.15, -0.1) is 10.2 Å². The number of nitrogens with zero attached hydrogens (tertiary/aromatic N) is 7. The monoisotopic (exact) mass is 352 g/mol. The van der Waals surface area contributed by atoms with Crippen molar-refractivity contribution in [3.63, 3.8) is 0 Å². The van der Waals surface area contributed by atoms with Gasteiger partial charge >= 0.3 is 0 Å². The van der Waals surface area contributed by atoms with E-state index < -0.39 is 0 Å². The fourth-order valence-corrected chi connectivity index (χ4v) is 3.94. The highest BCUT2D eigenvalue weighted by Crippen LogP contribution is 2.40. The molecule has 0 bridgehead atoms. The van der Waals surface area contributed by atoms with Crippen LogP contribution in [0, 0.1) is 0 Å². The molecule has 1 aliphatic heterocycles. The van der Waals surface area contributed by atoms with E-state index in [0.717, 1.165) is 50.7 Å². The molecule has 1 saturated heterocycles. The van der Waals surface area contributed by atoms with Crippen LogP contribution in [0.25, 0.3) is 0 Å². The Kier molecular flexibility index (Phi) is 4.05. The smallest absolute Gasteiger partial charge is 0.153 e. The van der Waals surface area contributed by atoms with Crippen molar-refractivity contribution < 1.29 is 0 Å². The van der Waals surface area contributed by atoms with Gasteiger partial charge in [-0.05, 0) is 38.8 Å². The Hall–Kier alpha value is -2.48. The highest BCUT2D eigenvalue weighted by Gasteiger charge is 2.33. The lowest BCUT2D eigenvalue weighted by atomic mass is 9.96. The minimum Gasteiger partial charge on any atom is -0.348 e. The number of nitrogens with one attached hydrogen (secondary N) is 1. The maximum Gasteiger partial charge on any atom is 0.153 e. The van der Waals surface area contributed by atoms with Crippen molar-refractivity contribution in [1.82, 2.24) is 39.2 Å². The number of hydrogen-bond donors (Lipinski definition) is 1. The van der Waals surface area contributed by atoms with Gasteiger partial charge < -0.3 is 14.1 Å². The van der Waals surface area contributed by atoms with Crippen molar-refractivity contribution >= 4 is 0 Å². The van der Waals surface area contributed by atoms with Gasteiger partial charge in [0, 0.05) is 36.7 Å². The molecule has 1 saturated carbocycles. The van der Waals surface area contributed by atoms with Crippen LogP contribution in [0.3, 0.4) is 0 Å². The number of aromatic nitrogens is 7. The second-order valence-corrected chi connectivity index (χ2v) is 7.40. The summed E-state index contributed by atoms with van der Waals surface area (Å²) in [6.07, 6.45) is 14.1. The van der Waals surface area contributed by atoms with E-state index in [-0.39, 0.29) is 0 Å². The first kappa shape index (κ1) is 15.7. The third-order valence-corrected chi connectivity index (χ3v) is 5.47. The molecule has 0 spiro atoms. The van der Waals surface area contributed by atoms with Gasteiger partial charge in [-0.25, -0.2) is 9.97 Å². The molecule has 0 aromatic carbocycles. The van der Waals surface area contributed by atoms with E-state index in [1.54, 1.807) is 0 Å². The van der Waals surface area contributed by atoms with Crippen molar-refractivity contribution in [2.45, 2.75) is 50.7 Å². The number of imidazole rings is 2. The molecule has 2 fully saturated rings. The molecule has 136 valence electrons. The molecule has 8 heteroatoms.